The van der Waals surface area contributed by atoms with Gasteiger partial charge in [0.2, 0.25) is 10.0 Å². The molecule has 178 valence electrons. The van der Waals surface area contributed by atoms with E-state index in [0.717, 1.165) is 19.3 Å². The topological polar surface area (TPSA) is 118 Å². The molecule has 0 unspecified atom stereocenters. The number of nitrogens with zero attached hydrogens (tertiary/aromatic N) is 2. The molecule has 2 heterocycles. The number of esters is 1. The smallest absolute Gasteiger partial charge is 0.338 e. The van der Waals surface area contributed by atoms with Crippen molar-refractivity contribution in [3.63, 3.8) is 0 Å². The fourth-order valence-corrected chi connectivity index (χ4v) is 7.46. The van der Waals surface area contributed by atoms with Crippen molar-refractivity contribution in [2.75, 3.05) is 31.1 Å². The first-order valence-corrected chi connectivity index (χ1v) is 14.1. The molecule has 3 rings (SSSR count). The van der Waals surface area contributed by atoms with Gasteiger partial charge in [-0.05, 0) is 51.3 Å². The van der Waals surface area contributed by atoms with Gasteiger partial charge in [0.05, 0.1) is 22.0 Å². The van der Waals surface area contributed by atoms with Crippen LogP contribution in [0.1, 0.15) is 49.9 Å². The second-order valence-corrected chi connectivity index (χ2v) is 12.4. The van der Waals surface area contributed by atoms with E-state index < -0.39 is 43.9 Å². The summed E-state index contributed by atoms with van der Waals surface area (Å²) < 4.78 is 56.0. The Morgan fingerprint density at radius 3 is 2.50 bits per heavy atom. The zero-order valence-corrected chi connectivity index (χ0v) is 20.0. The van der Waals surface area contributed by atoms with Gasteiger partial charge in [-0.1, -0.05) is 12.5 Å². The van der Waals surface area contributed by atoms with Crippen LogP contribution in [0.3, 0.4) is 0 Å². The number of carbonyl (C=O) groups excluding carboxylic acids is 2. The van der Waals surface area contributed by atoms with Crippen molar-refractivity contribution in [1.82, 2.24) is 9.21 Å². The minimum atomic E-state index is -3.71. The van der Waals surface area contributed by atoms with E-state index in [1.54, 1.807) is 6.92 Å². The molecule has 2 saturated heterocycles. The molecule has 2 fully saturated rings. The monoisotopic (exact) mass is 486 g/mol. The first-order valence-electron chi connectivity index (χ1n) is 10.9. The maximum Gasteiger partial charge on any atom is 0.338 e. The van der Waals surface area contributed by atoms with Crippen LogP contribution in [0.15, 0.2) is 29.2 Å². The molecule has 32 heavy (non-hydrogen) atoms. The Balaban J connectivity index is 1.70. The Bertz CT molecular complexity index is 1060. The third-order valence-corrected chi connectivity index (χ3v) is 9.57. The van der Waals surface area contributed by atoms with Gasteiger partial charge in [0.1, 0.15) is 0 Å². The number of carbonyl (C=O) groups is 2. The standard InChI is InChI=1S/C21H30N2O7S2/c1-3-23(18-10-13-31(26,27)15-18)20(24)16(2)30-21(25)17-8-7-9-19(14-17)32(28,29)22-11-5-4-6-12-22/h7-9,14,16,18H,3-6,10-13,15H2,1-2H3/t16-,18+/m1/s1. The quantitative estimate of drug-likeness (QED) is 0.535. The minimum absolute atomic E-state index is 0.0131. The molecule has 0 saturated carbocycles. The maximum absolute atomic E-state index is 12.9. The summed E-state index contributed by atoms with van der Waals surface area (Å²) in [5, 5.41) is 0. The van der Waals surface area contributed by atoms with E-state index in [-0.39, 0.29) is 22.0 Å². The predicted octanol–water partition coefficient (Wildman–Crippen LogP) is 1.44. The number of sulfone groups is 1. The molecule has 9 nitrogen and oxygen atoms in total. The number of hydrogen-bond donors (Lipinski definition) is 0. The van der Waals surface area contributed by atoms with Gasteiger partial charge >= 0.3 is 5.97 Å². The third-order valence-electron chi connectivity index (χ3n) is 5.93. The summed E-state index contributed by atoms with van der Waals surface area (Å²) in [6, 6.07) is 5.19. The van der Waals surface area contributed by atoms with Gasteiger partial charge in [0.15, 0.2) is 15.9 Å². The van der Waals surface area contributed by atoms with Crippen LogP contribution in [-0.4, -0.2) is 81.2 Å². The molecule has 0 aromatic heterocycles. The minimum Gasteiger partial charge on any atom is -0.449 e. The lowest BCUT2D eigenvalue weighted by molar-refractivity contribution is -0.141. The average Bonchev–Trinajstić information content (AvgIpc) is 3.14. The van der Waals surface area contributed by atoms with E-state index in [1.807, 2.05) is 0 Å². The molecule has 0 spiro atoms. The number of hydrogen-bond acceptors (Lipinski definition) is 7. The average molecular weight is 487 g/mol. The maximum atomic E-state index is 12.9. The summed E-state index contributed by atoms with van der Waals surface area (Å²) in [4.78, 5) is 26.9. The van der Waals surface area contributed by atoms with Crippen LogP contribution < -0.4 is 0 Å². The van der Waals surface area contributed by atoms with Gasteiger partial charge in [-0.2, -0.15) is 4.31 Å². The number of benzene rings is 1. The summed E-state index contributed by atoms with van der Waals surface area (Å²) in [5.41, 5.74) is 0.0363. The summed E-state index contributed by atoms with van der Waals surface area (Å²) in [5.74, 6) is -1.34. The third kappa shape index (κ3) is 5.49. The molecule has 2 atom stereocenters. The number of likely N-dealkylation sites (N-methyl/N-ethyl adjacent to an activating group) is 1. The number of amides is 1. The largest absolute Gasteiger partial charge is 0.449 e. The molecule has 0 aliphatic carbocycles. The number of sulfonamides is 1. The van der Waals surface area contributed by atoms with E-state index in [9.17, 15) is 26.4 Å². The summed E-state index contributed by atoms with van der Waals surface area (Å²) in [6.45, 7) is 4.37. The van der Waals surface area contributed by atoms with E-state index >= 15 is 0 Å². The Kier molecular flexibility index (Phi) is 7.61. The van der Waals surface area contributed by atoms with E-state index in [2.05, 4.69) is 0 Å². The van der Waals surface area contributed by atoms with Crippen molar-refractivity contribution in [2.24, 2.45) is 0 Å². The molecular formula is C21H30N2O7S2. The van der Waals surface area contributed by atoms with E-state index in [1.165, 1.54) is 40.4 Å². The van der Waals surface area contributed by atoms with Crippen LogP contribution in [0.2, 0.25) is 0 Å². The van der Waals surface area contributed by atoms with Crippen molar-refractivity contribution in [1.29, 1.82) is 0 Å². The molecule has 11 heteroatoms. The van der Waals surface area contributed by atoms with Crippen molar-refractivity contribution in [2.45, 2.75) is 56.6 Å². The summed E-state index contributed by atoms with van der Waals surface area (Å²) >= 11 is 0. The van der Waals surface area contributed by atoms with Crippen LogP contribution in [0, 0.1) is 0 Å². The van der Waals surface area contributed by atoms with Gasteiger partial charge in [0, 0.05) is 25.7 Å². The highest BCUT2D eigenvalue weighted by atomic mass is 32.2. The lowest BCUT2D eigenvalue weighted by atomic mass is 10.2. The SMILES string of the molecule is CCN(C(=O)[C@@H](C)OC(=O)c1cccc(S(=O)(=O)N2CCCCC2)c1)[C@H]1CCS(=O)(=O)C1. The highest BCUT2D eigenvalue weighted by Gasteiger charge is 2.36. The Hall–Kier alpha value is -1.98. The summed E-state index contributed by atoms with van der Waals surface area (Å²) in [7, 11) is -6.88. The fraction of sp³-hybridized carbons (Fsp3) is 0.619. The van der Waals surface area contributed by atoms with Crippen LogP contribution in [0.25, 0.3) is 0 Å². The van der Waals surface area contributed by atoms with Gasteiger partial charge in [0.25, 0.3) is 5.91 Å². The molecule has 1 amide bonds. The molecule has 1 aromatic rings. The molecule has 0 radical (unpaired) electrons. The first kappa shape index (κ1) is 24.7. The van der Waals surface area contributed by atoms with Crippen molar-refractivity contribution >= 4 is 31.7 Å². The predicted molar refractivity (Wildman–Crippen MR) is 118 cm³/mol. The van der Waals surface area contributed by atoms with E-state index in [4.69, 9.17) is 4.74 Å². The molecule has 0 bridgehead atoms. The van der Waals surface area contributed by atoms with Crippen LogP contribution >= 0.6 is 0 Å². The first-order chi connectivity index (χ1) is 15.0. The highest BCUT2D eigenvalue weighted by Crippen LogP contribution is 2.22. The van der Waals surface area contributed by atoms with Crippen molar-refractivity contribution in [3.05, 3.63) is 29.8 Å². The number of rotatable bonds is 7. The van der Waals surface area contributed by atoms with Gasteiger partial charge < -0.3 is 9.64 Å². The molecular weight excluding hydrogens is 456 g/mol. The van der Waals surface area contributed by atoms with Crippen LogP contribution in [-0.2, 0) is 29.4 Å². The molecule has 0 N–H and O–H groups in total. The second-order valence-electron chi connectivity index (χ2n) is 8.22. The number of ether oxygens (including phenoxy) is 1. The zero-order chi connectivity index (χ0) is 23.5. The lowest BCUT2D eigenvalue weighted by Crippen LogP contribution is -2.46. The van der Waals surface area contributed by atoms with Gasteiger partial charge in [-0.15, -0.1) is 0 Å². The molecule has 1 aromatic carbocycles. The van der Waals surface area contributed by atoms with Crippen LogP contribution in [0.4, 0.5) is 0 Å². The Labute approximate surface area is 189 Å². The zero-order valence-electron chi connectivity index (χ0n) is 18.4. The second kappa shape index (κ2) is 9.88. The van der Waals surface area contributed by atoms with Gasteiger partial charge in [-0.3, -0.25) is 4.79 Å². The lowest BCUT2D eigenvalue weighted by Gasteiger charge is -2.29. The normalized spacial score (nSPS) is 22.2. The van der Waals surface area contributed by atoms with Crippen molar-refractivity contribution in [3.8, 4) is 0 Å². The van der Waals surface area contributed by atoms with Crippen molar-refractivity contribution < 1.29 is 31.2 Å². The van der Waals surface area contributed by atoms with E-state index in [0.29, 0.717) is 26.1 Å². The Morgan fingerprint density at radius 2 is 1.91 bits per heavy atom. The summed E-state index contributed by atoms with van der Waals surface area (Å²) in [6.07, 6.45) is 1.83. The molecule has 2 aliphatic rings. The molecule has 2 aliphatic heterocycles. The fourth-order valence-electron chi connectivity index (χ4n) is 4.17. The Morgan fingerprint density at radius 1 is 1.22 bits per heavy atom. The van der Waals surface area contributed by atoms with Gasteiger partial charge in [-0.25, -0.2) is 21.6 Å². The van der Waals surface area contributed by atoms with Crippen LogP contribution in [0.5, 0.6) is 0 Å². The number of piperidine rings is 1. The highest BCUT2D eigenvalue weighted by molar-refractivity contribution is 7.91.